The highest BCUT2D eigenvalue weighted by Crippen LogP contribution is 2.43. The minimum atomic E-state index is -0.238. The van der Waals surface area contributed by atoms with E-state index in [0.717, 1.165) is 31.8 Å². The van der Waals surface area contributed by atoms with Crippen LogP contribution in [0.1, 0.15) is 52.9 Å². The number of rotatable bonds is 2. The smallest absolute Gasteiger partial charge is 0.240 e. The van der Waals surface area contributed by atoms with Crippen LogP contribution >= 0.6 is 0 Å². The van der Waals surface area contributed by atoms with Gasteiger partial charge in [0.2, 0.25) is 5.91 Å². The minimum Gasteiger partial charge on any atom is -0.353 e. The van der Waals surface area contributed by atoms with Gasteiger partial charge in [-0.15, -0.1) is 0 Å². The zero-order valence-corrected chi connectivity index (χ0v) is 11.4. The molecule has 0 radical (unpaired) electrons. The van der Waals surface area contributed by atoms with Crippen LogP contribution < -0.4 is 10.6 Å². The maximum absolute atomic E-state index is 12.0. The first-order chi connectivity index (χ1) is 8.00. The molecule has 1 amide bonds. The maximum atomic E-state index is 12.0. The molecule has 0 unspecified atom stereocenters. The van der Waals surface area contributed by atoms with Gasteiger partial charge in [-0.1, -0.05) is 27.2 Å². The summed E-state index contributed by atoms with van der Waals surface area (Å²) in [5.74, 6) is 1.01. The van der Waals surface area contributed by atoms with Crippen molar-refractivity contribution >= 4 is 5.91 Å². The highest BCUT2D eigenvalue weighted by molar-refractivity contribution is 5.87. The van der Waals surface area contributed by atoms with Gasteiger partial charge in [-0.05, 0) is 37.0 Å². The topological polar surface area (TPSA) is 41.1 Å². The van der Waals surface area contributed by atoms with Crippen LogP contribution in [-0.2, 0) is 4.79 Å². The van der Waals surface area contributed by atoms with E-state index in [9.17, 15) is 4.79 Å². The van der Waals surface area contributed by atoms with Gasteiger partial charge >= 0.3 is 0 Å². The van der Waals surface area contributed by atoms with Gasteiger partial charge in [0.15, 0.2) is 0 Å². The van der Waals surface area contributed by atoms with Crippen molar-refractivity contribution in [2.45, 2.75) is 58.4 Å². The Balaban J connectivity index is 2.00. The lowest BCUT2D eigenvalue weighted by atomic mass is 9.65. The second kappa shape index (κ2) is 4.60. The Kier molecular flexibility index (Phi) is 3.48. The highest BCUT2D eigenvalue weighted by Gasteiger charge is 2.45. The number of hydrogen-bond donors (Lipinski definition) is 2. The van der Waals surface area contributed by atoms with Crippen LogP contribution in [0, 0.1) is 11.3 Å². The third kappa shape index (κ3) is 2.35. The normalized spacial score (nSPS) is 34.8. The quantitative estimate of drug-likeness (QED) is 0.773. The van der Waals surface area contributed by atoms with Gasteiger partial charge in [0.1, 0.15) is 0 Å². The van der Waals surface area contributed by atoms with Gasteiger partial charge in [0.25, 0.3) is 0 Å². The third-order valence-electron chi connectivity index (χ3n) is 5.16. The first-order valence-corrected chi connectivity index (χ1v) is 7.03. The van der Waals surface area contributed by atoms with Crippen LogP contribution in [0.2, 0.25) is 0 Å². The summed E-state index contributed by atoms with van der Waals surface area (Å²) >= 11 is 0. The van der Waals surface area contributed by atoms with Crippen molar-refractivity contribution in [2.24, 2.45) is 11.3 Å². The molecule has 2 fully saturated rings. The Morgan fingerprint density at radius 2 is 1.94 bits per heavy atom. The highest BCUT2D eigenvalue weighted by atomic mass is 16.2. The molecule has 0 atom stereocenters. The zero-order chi connectivity index (χ0) is 12.5. The summed E-state index contributed by atoms with van der Waals surface area (Å²) in [4.78, 5) is 12.0. The van der Waals surface area contributed by atoms with Crippen molar-refractivity contribution in [2.75, 3.05) is 13.1 Å². The Labute approximate surface area is 105 Å². The van der Waals surface area contributed by atoms with E-state index in [1.165, 1.54) is 19.3 Å². The molecule has 1 heterocycles. The van der Waals surface area contributed by atoms with Gasteiger partial charge in [-0.25, -0.2) is 0 Å². The molecular formula is C14H26N2O. The summed E-state index contributed by atoms with van der Waals surface area (Å²) in [6.07, 6.45) is 5.60. The van der Waals surface area contributed by atoms with Crippen molar-refractivity contribution in [1.29, 1.82) is 0 Å². The van der Waals surface area contributed by atoms with Crippen molar-refractivity contribution in [3.8, 4) is 0 Å². The molecule has 1 aliphatic heterocycles. The number of amides is 1. The largest absolute Gasteiger partial charge is 0.353 e. The molecule has 2 N–H and O–H groups in total. The molecular weight excluding hydrogens is 212 g/mol. The van der Waals surface area contributed by atoms with E-state index in [2.05, 4.69) is 31.4 Å². The average Bonchev–Trinajstić information content (AvgIpc) is 2.34. The molecule has 3 nitrogen and oxygen atoms in total. The molecule has 3 heteroatoms. The second-order valence-corrected chi connectivity index (χ2v) is 6.38. The summed E-state index contributed by atoms with van der Waals surface area (Å²) < 4.78 is 0. The SMILES string of the molecule is CCC(C)(C)C1CCC2(CC1)NCCNC2=O. The molecule has 0 aromatic rings. The molecule has 2 rings (SSSR count). The fraction of sp³-hybridized carbons (Fsp3) is 0.929. The first-order valence-electron chi connectivity index (χ1n) is 7.03. The fourth-order valence-corrected chi connectivity index (χ4v) is 3.31. The van der Waals surface area contributed by atoms with Crippen molar-refractivity contribution in [3.63, 3.8) is 0 Å². The number of piperazine rings is 1. The molecule has 1 aliphatic carbocycles. The summed E-state index contributed by atoms with van der Waals surface area (Å²) in [7, 11) is 0. The standard InChI is InChI=1S/C14H26N2O/c1-4-13(2,3)11-5-7-14(8-6-11)12(17)15-9-10-16-14/h11,16H,4-10H2,1-3H3,(H,15,17). The summed E-state index contributed by atoms with van der Waals surface area (Å²) in [6.45, 7) is 8.71. The third-order valence-corrected chi connectivity index (χ3v) is 5.16. The molecule has 2 aliphatic rings. The lowest BCUT2D eigenvalue weighted by molar-refractivity contribution is -0.131. The van der Waals surface area contributed by atoms with E-state index in [1.807, 2.05) is 0 Å². The molecule has 1 spiro atoms. The van der Waals surface area contributed by atoms with E-state index >= 15 is 0 Å². The van der Waals surface area contributed by atoms with Crippen molar-refractivity contribution < 1.29 is 4.79 Å². The lowest BCUT2D eigenvalue weighted by Crippen LogP contribution is -2.64. The molecule has 1 saturated heterocycles. The van der Waals surface area contributed by atoms with E-state index in [0.29, 0.717) is 5.41 Å². The van der Waals surface area contributed by atoms with Crippen LogP contribution in [0.3, 0.4) is 0 Å². The van der Waals surface area contributed by atoms with E-state index in [-0.39, 0.29) is 11.4 Å². The van der Waals surface area contributed by atoms with E-state index in [1.54, 1.807) is 0 Å². The molecule has 0 bridgehead atoms. The maximum Gasteiger partial charge on any atom is 0.240 e. The van der Waals surface area contributed by atoms with Crippen molar-refractivity contribution in [3.05, 3.63) is 0 Å². The lowest BCUT2D eigenvalue weighted by Gasteiger charge is -2.46. The predicted molar refractivity (Wildman–Crippen MR) is 69.8 cm³/mol. The van der Waals surface area contributed by atoms with Gasteiger partial charge in [-0.2, -0.15) is 0 Å². The van der Waals surface area contributed by atoms with Gasteiger partial charge in [0, 0.05) is 13.1 Å². The van der Waals surface area contributed by atoms with Gasteiger partial charge < -0.3 is 10.6 Å². The van der Waals surface area contributed by atoms with Crippen LogP contribution in [0.15, 0.2) is 0 Å². The van der Waals surface area contributed by atoms with Gasteiger partial charge in [0.05, 0.1) is 5.54 Å². The van der Waals surface area contributed by atoms with E-state index in [4.69, 9.17) is 0 Å². The Hall–Kier alpha value is -0.570. The molecule has 17 heavy (non-hydrogen) atoms. The zero-order valence-electron chi connectivity index (χ0n) is 11.4. The van der Waals surface area contributed by atoms with Crippen LogP contribution in [-0.4, -0.2) is 24.5 Å². The molecule has 1 saturated carbocycles. The summed E-state index contributed by atoms with van der Waals surface area (Å²) in [6, 6.07) is 0. The number of hydrogen-bond acceptors (Lipinski definition) is 2. The summed E-state index contributed by atoms with van der Waals surface area (Å²) in [5.41, 5.74) is 0.186. The second-order valence-electron chi connectivity index (χ2n) is 6.38. The minimum absolute atomic E-state index is 0.233. The average molecular weight is 238 g/mol. The number of carbonyl (C=O) groups is 1. The van der Waals surface area contributed by atoms with Crippen LogP contribution in [0.4, 0.5) is 0 Å². The molecule has 0 aromatic heterocycles. The van der Waals surface area contributed by atoms with E-state index < -0.39 is 0 Å². The molecule has 98 valence electrons. The Morgan fingerprint density at radius 1 is 1.29 bits per heavy atom. The molecule has 0 aromatic carbocycles. The van der Waals surface area contributed by atoms with Crippen molar-refractivity contribution in [1.82, 2.24) is 10.6 Å². The monoisotopic (exact) mass is 238 g/mol. The summed E-state index contributed by atoms with van der Waals surface area (Å²) in [5, 5.41) is 6.47. The Bertz CT molecular complexity index is 291. The van der Waals surface area contributed by atoms with Crippen LogP contribution in [0.25, 0.3) is 0 Å². The number of nitrogens with one attached hydrogen (secondary N) is 2. The first kappa shape index (κ1) is 12.9. The van der Waals surface area contributed by atoms with Gasteiger partial charge in [-0.3, -0.25) is 4.79 Å². The Morgan fingerprint density at radius 3 is 2.47 bits per heavy atom. The fourth-order valence-electron chi connectivity index (χ4n) is 3.31. The predicted octanol–water partition coefficient (Wildman–Crippen LogP) is 2.07. The van der Waals surface area contributed by atoms with Crippen LogP contribution in [0.5, 0.6) is 0 Å². The number of carbonyl (C=O) groups excluding carboxylic acids is 1.